The molecule has 0 spiro atoms. The van der Waals surface area contributed by atoms with Crippen molar-refractivity contribution in [2.24, 2.45) is 11.0 Å². The summed E-state index contributed by atoms with van der Waals surface area (Å²) in [4.78, 5) is 12.8. The van der Waals surface area contributed by atoms with Gasteiger partial charge in [-0.15, -0.1) is 23.1 Å². The average molecular weight is 266 g/mol. The Morgan fingerprint density at radius 3 is 3.29 bits per heavy atom. The van der Waals surface area contributed by atoms with Crippen molar-refractivity contribution in [2.45, 2.75) is 30.4 Å². The molecule has 2 aliphatic rings. The van der Waals surface area contributed by atoms with Crippen LogP contribution in [0.1, 0.15) is 30.2 Å². The Kier molecular flexibility index (Phi) is 2.96. The Balaban J connectivity index is 2.05. The second-order valence-corrected chi connectivity index (χ2v) is 6.84. The number of rotatable bonds is 1. The maximum absolute atomic E-state index is 11.4. The minimum absolute atomic E-state index is 0.0538. The van der Waals surface area contributed by atoms with E-state index in [-0.39, 0.29) is 5.91 Å². The molecule has 3 nitrogen and oxygen atoms in total. The van der Waals surface area contributed by atoms with E-state index in [1.165, 1.54) is 14.6 Å². The van der Waals surface area contributed by atoms with Gasteiger partial charge in [-0.05, 0) is 24.7 Å². The Morgan fingerprint density at radius 1 is 1.59 bits per heavy atom. The molecule has 1 atom stereocenters. The number of carbonyl (C=O) groups is 1. The van der Waals surface area contributed by atoms with Gasteiger partial charge in [-0.1, -0.05) is 6.92 Å². The third kappa shape index (κ3) is 2.02. The zero-order chi connectivity index (χ0) is 11.8. The summed E-state index contributed by atoms with van der Waals surface area (Å²) in [5.41, 5.74) is 4.98. The zero-order valence-corrected chi connectivity index (χ0v) is 11.3. The van der Waals surface area contributed by atoms with E-state index >= 15 is 0 Å². The summed E-state index contributed by atoms with van der Waals surface area (Å²) in [6, 6.07) is 2.25. The highest BCUT2D eigenvalue weighted by molar-refractivity contribution is 8.01. The number of aryl methyl sites for hydroxylation is 1. The molecule has 0 saturated carbocycles. The molecule has 90 valence electrons. The standard InChI is InChI=1S/C12H14N2OS2/c1-2-8-6-9-11-7(5-10(15)13-14-11)3-4-16-12(9)17-8/h6-7H,2-5H2,1H3,(H,13,15). The fraction of sp³-hybridized carbons (Fsp3) is 0.500. The molecule has 0 radical (unpaired) electrons. The molecule has 1 unspecified atom stereocenters. The second-order valence-electron chi connectivity index (χ2n) is 4.34. The number of fused-ring (bicyclic) bond motifs is 3. The van der Waals surface area contributed by atoms with E-state index in [1.54, 1.807) is 0 Å². The predicted molar refractivity (Wildman–Crippen MR) is 71.8 cm³/mol. The minimum Gasteiger partial charge on any atom is -0.273 e. The Bertz CT molecular complexity index is 493. The molecule has 1 aromatic heterocycles. The van der Waals surface area contributed by atoms with Crippen molar-refractivity contribution in [1.29, 1.82) is 0 Å². The van der Waals surface area contributed by atoms with Crippen LogP contribution in [0.15, 0.2) is 15.4 Å². The number of nitrogens with zero attached hydrogens (tertiary/aromatic N) is 1. The largest absolute Gasteiger partial charge is 0.273 e. The number of carbonyl (C=O) groups excluding carboxylic acids is 1. The Hall–Kier alpha value is -0.810. The summed E-state index contributed by atoms with van der Waals surface area (Å²) >= 11 is 3.79. The molecule has 1 aromatic rings. The molecule has 5 heteroatoms. The molecule has 0 fully saturated rings. The van der Waals surface area contributed by atoms with E-state index < -0.39 is 0 Å². The Morgan fingerprint density at radius 2 is 2.47 bits per heavy atom. The van der Waals surface area contributed by atoms with Gasteiger partial charge < -0.3 is 0 Å². The first kappa shape index (κ1) is 11.3. The molecule has 17 heavy (non-hydrogen) atoms. The van der Waals surface area contributed by atoms with Crippen molar-refractivity contribution in [3.63, 3.8) is 0 Å². The van der Waals surface area contributed by atoms with Crippen molar-refractivity contribution >= 4 is 34.7 Å². The highest BCUT2D eigenvalue weighted by Crippen LogP contribution is 2.39. The average Bonchev–Trinajstić information content (AvgIpc) is 2.66. The Labute approximate surface area is 109 Å². The fourth-order valence-corrected chi connectivity index (χ4v) is 4.82. The van der Waals surface area contributed by atoms with Gasteiger partial charge in [0.15, 0.2) is 0 Å². The normalized spacial score (nSPS) is 23.2. The van der Waals surface area contributed by atoms with E-state index in [2.05, 4.69) is 23.5 Å². The third-order valence-electron chi connectivity index (χ3n) is 3.19. The minimum atomic E-state index is 0.0538. The molecule has 1 N–H and O–H groups in total. The van der Waals surface area contributed by atoms with Crippen molar-refractivity contribution in [3.05, 3.63) is 16.5 Å². The number of hydrazone groups is 1. The predicted octanol–water partition coefficient (Wildman–Crippen LogP) is 2.65. The van der Waals surface area contributed by atoms with Crippen molar-refractivity contribution in [1.82, 2.24) is 5.43 Å². The number of hydrogen-bond acceptors (Lipinski definition) is 4. The van der Waals surface area contributed by atoms with Gasteiger partial charge in [0.25, 0.3) is 0 Å². The summed E-state index contributed by atoms with van der Waals surface area (Å²) < 4.78 is 1.37. The molecule has 3 heterocycles. The van der Waals surface area contributed by atoms with Gasteiger partial charge in [0.2, 0.25) is 5.91 Å². The highest BCUT2D eigenvalue weighted by Gasteiger charge is 2.30. The van der Waals surface area contributed by atoms with E-state index in [1.807, 2.05) is 23.1 Å². The van der Waals surface area contributed by atoms with Crippen LogP contribution in [-0.2, 0) is 11.2 Å². The van der Waals surface area contributed by atoms with Crippen LogP contribution in [0, 0.1) is 5.92 Å². The van der Waals surface area contributed by atoms with Crippen LogP contribution in [0.3, 0.4) is 0 Å². The molecule has 2 aliphatic heterocycles. The molecule has 0 aromatic carbocycles. The fourth-order valence-electron chi connectivity index (χ4n) is 2.28. The lowest BCUT2D eigenvalue weighted by Gasteiger charge is -2.20. The van der Waals surface area contributed by atoms with Gasteiger partial charge in [0.05, 0.1) is 9.92 Å². The summed E-state index contributed by atoms with van der Waals surface area (Å²) in [6.45, 7) is 2.18. The third-order valence-corrected chi connectivity index (χ3v) is 5.79. The number of hydrogen-bond donors (Lipinski definition) is 1. The SMILES string of the molecule is CCc1cc2c(s1)SCCC1CC(=O)NN=C21. The maximum atomic E-state index is 11.4. The number of nitrogens with one attached hydrogen (secondary N) is 1. The van der Waals surface area contributed by atoms with Gasteiger partial charge >= 0.3 is 0 Å². The first-order valence-corrected chi connectivity index (χ1v) is 7.70. The van der Waals surface area contributed by atoms with E-state index in [4.69, 9.17) is 0 Å². The van der Waals surface area contributed by atoms with Crippen LogP contribution >= 0.6 is 23.1 Å². The summed E-state index contributed by atoms with van der Waals surface area (Å²) in [5.74, 6) is 1.46. The summed E-state index contributed by atoms with van der Waals surface area (Å²) in [6.07, 6.45) is 2.72. The topological polar surface area (TPSA) is 41.5 Å². The zero-order valence-electron chi connectivity index (χ0n) is 9.66. The van der Waals surface area contributed by atoms with Gasteiger partial charge in [-0.2, -0.15) is 5.10 Å². The van der Waals surface area contributed by atoms with Gasteiger partial charge in [-0.25, -0.2) is 5.43 Å². The van der Waals surface area contributed by atoms with Crippen LogP contribution in [0.2, 0.25) is 0 Å². The van der Waals surface area contributed by atoms with E-state index in [0.29, 0.717) is 12.3 Å². The van der Waals surface area contributed by atoms with Crippen LogP contribution in [0.4, 0.5) is 0 Å². The van der Waals surface area contributed by atoms with Gasteiger partial charge in [0, 0.05) is 22.8 Å². The van der Waals surface area contributed by atoms with Crippen LogP contribution in [-0.4, -0.2) is 17.4 Å². The van der Waals surface area contributed by atoms with Gasteiger partial charge in [0.1, 0.15) is 0 Å². The van der Waals surface area contributed by atoms with Crippen LogP contribution in [0.25, 0.3) is 0 Å². The van der Waals surface area contributed by atoms with Crippen molar-refractivity contribution in [2.75, 3.05) is 5.75 Å². The molecular formula is C12H14N2OS2. The maximum Gasteiger partial charge on any atom is 0.240 e. The van der Waals surface area contributed by atoms with E-state index in [9.17, 15) is 4.79 Å². The van der Waals surface area contributed by atoms with Crippen molar-refractivity contribution in [3.8, 4) is 0 Å². The molecule has 1 amide bonds. The first-order chi connectivity index (χ1) is 8.28. The lowest BCUT2D eigenvalue weighted by Crippen LogP contribution is -2.33. The number of thiophene rings is 1. The van der Waals surface area contributed by atoms with Crippen LogP contribution in [0.5, 0.6) is 0 Å². The first-order valence-electron chi connectivity index (χ1n) is 5.90. The molecular weight excluding hydrogens is 252 g/mol. The lowest BCUT2D eigenvalue weighted by molar-refractivity contribution is -0.122. The number of amides is 1. The molecule has 0 bridgehead atoms. The second kappa shape index (κ2) is 4.46. The molecule has 0 aliphatic carbocycles. The molecule has 3 rings (SSSR count). The van der Waals surface area contributed by atoms with Gasteiger partial charge in [-0.3, -0.25) is 4.79 Å². The smallest absolute Gasteiger partial charge is 0.240 e. The molecule has 0 saturated heterocycles. The monoisotopic (exact) mass is 266 g/mol. The van der Waals surface area contributed by atoms with Crippen molar-refractivity contribution < 1.29 is 4.79 Å². The lowest BCUT2D eigenvalue weighted by atomic mass is 9.91. The summed E-state index contributed by atoms with van der Waals surface area (Å²) in [7, 11) is 0. The quantitative estimate of drug-likeness (QED) is 0.849. The van der Waals surface area contributed by atoms with E-state index in [0.717, 1.165) is 24.3 Å². The highest BCUT2D eigenvalue weighted by atomic mass is 32.2. The van der Waals surface area contributed by atoms with Crippen LogP contribution < -0.4 is 5.43 Å². The number of thioether (sulfide) groups is 1. The summed E-state index contributed by atoms with van der Waals surface area (Å²) in [5, 5.41) is 4.29.